The number of rotatable bonds is 13. The van der Waals surface area contributed by atoms with Crippen molar-refractivity contribution in [2.45, 2.75) is 75.5 Å². The summed E-state index contributed by atoms with van der Waals surface area (Å²) < 4.78 is 45.5. The number of methoxy groups -OCH3 is 1. The Morgan fingerprint density at radius 3 is 2.53 bits per heavy atom. The van der Waals surface area contributed by atoms with Crippen LogP contribution in [0.5, 0.6) is 5.75 Å². The summed E-state index contributed by atoms with van der Waals surface area (Å²) in [5, 5.41) is 17.7. The highest BCUT2D eigenvalue weighted by molar-refractivity contribution is 7.86. The highest BCUT2D eigenvalue weighted by atomic mass is 32.2. The Balaban J connectivity index is 1.67. The number of benzene rings is 1. The summed E-state index contributed by atoms with van der Waals surface area (Å²) in [4.78, 5) is 38.0. The first kappa shape index (κ1) is 29.7. The fourth-order valence-electron chi connectivity index (χ4n) is 4.59. The smallest absolute Gasteiger partial charge is 0.408 e. The van der Waals surface area contributed by atoms with Gasteiger partial charge in [-0.2, -0.15) is 0 Å². The van der Waals surface area contributed by atoms with Crippen LogP contribution in [-0.4, -0.2) is 72.8 Å². The molecule has 1 saturated heterocycles. The Labute approximate surface area is 222 Å². The van der Waals surface area contributed by atoms with E-state index in [-0.39, 0.29) is 24.7 Å². The lowest BCUT2D eigenvalue weighted by atomic mass is 9.97. The Bertz CT molecular complexity index is 1120. The van der Waals surface area contributed by atoms with Crippen molar-refractivity contribution >= 4 is 28.0 Å². The van der Waals surface area contributed by atoms with E-state index in [1.165, 1.54) is 0 Å². The summed E-state index contributed by atoms with van der Waals surface area (Å²) in [5.41, 5.74) is -2.23. The van der Waals surface area contributed by atoms with Gasteiger partial charge in [0, 0.05) is 18.9 Å². The van der Waals surface area contributed by atoms with Crippen LogP contribution in [0.3, 0.4) is 0 Å². The standard InChI is InChI=1S/C25H37N3O9S/c1-15(2)11-19(22(30)27-20(23(31)38(33,34)35)13-17-7-10-26-21(17)29)28-24(32)37-25(8-9-25)14-16-5-4-6-18(12-16)36-3/h4-6,12,15,17,19-20,23,31H,7-11,13-14H2,1-3H3,(H,26,29)(H,27,30)(H,28,32)(H,33,34,35)/p-1/t17-,19-,20-,23?/m0/s1. The first-order chi connectivity index (χ1) is 17.8. The maximum Gasteiger partial charge on any atom is 0.408 e. The molecule has 1 unspecified atom stereocenters. The van der Waals surface area contributed by atoms with Crippen LogP contribution in [0.4, 0.5) is 4.79 Å². The molecule has 0 radical (unpaired) electrons. The van der Waals surface area contributed by atoms with Crippen LogP contribution >= 0.6 is 0 Å². The van der Waals surface area contributed by atoms with Gasteiger partial charge in [0.25, 0.3) is 0 Å². The van der Waals surface area contributed by atoms with Crippen molar-refractivity contribution < 1.29 is 41.9 Å². The molecule has 1 heterocycles. The van der Waals surface area contributed by atoms with E-state index in [1.54, 1.807) is 7.11 Å². The Morgan fingerprint density at radius 2 is 1.97 bits per heavy atom. The number of aliphatic hydroxyl groups is 1. The van der Waals surface area contributed by atoms with Crippen LogP contribution in [0.25, 0.3) is 0 Å². The molecular weight excluding hydrogens is 518 g/mol. The molecule has 4 atom stereocenters. The summed E-state index contributed by atoms with van der Waals surface area (Å²) in [6, 6.07) is 4.75. The van der Waals surface area contributed by atoms with Gasteiger partial charge in [-0.1, -0.05) is 26.0 Å². The zero-order valence-corrected chi connectivity index (χ0v) is 22.6. The average molecular weight is 555 g/mol. The number of carbonyl (C=O) groups excluding carboxylic acids is 3. The van der Waals surface area contributed by atoms with Gasteiger partial charge in [0.2, 0.25) is 11.8 Å². The van der Waals surface area contributed by atoms with Crippen LogP contribution in [0.2, 0.25) is 0 Å². The van der Waals surface area contributed by atoms with E-state index in [2.05, 4.69) is 16.0 Å². The number of carbonyl (C=O) groups is 3. The molecule has 1 aliphatic heterocycles. The van der Waals surface area contributed by atoms with E-state index >= 15 is 0 Å². The second-order valence-electron chi connectivity index (χ2n) is 10.4. The first-order valence-corrected chi connectivity index (χ1v) is 14.1. The summed E-state index contributed by atoms with van der Waals surface area (Å²) in [6.45, 7) is 4.02. The summed E-state index contributed by atoms with van der Waals surface area (Å²) in [7, 11) is -3.63. The lowest BCUT2D eigenvalue weighted by Gasteiger charge is -2.30. The van der Waals surface area contributed by atoms with Gasteiger partial charge in [-0.3, -0.25) is 9.59 Å². The summed E-state index contributed by atoms with van der Waals surface area (Å²) in [5.74, 6) is -1.19. The minimum absolute atomic E-state index is 0.0510. The molecule has 12 nitrogen and oxygen atoms in total. The highest BCUT2D eigenvalue weighted by Crippen LogP contribution is 2.43. The second-order valence-corrected chi connectivity index (χ2v) is 11.9. The van der Waals surface area contributed by atoms with Gasteiger partial charge < -0.3 is 35.1 Å². The minimum Gasteiger partial charge on any atom is -0.746 e. The fourth-order valence-corrected chi connectivity index (χ4v) is 5.17. The average Bonchev–Trinajstić information content (AvgIpc) is 3.46. The van der Waals surface area contributed by atoms with Crippen LogP contribution in [0, 0.1) is 11.8 Å². The molecule has 13 heteroatoms. The molecule has 38 heavy (non-hydrogen) atoms. The first-order valence-electron chi connectivity index (χ1n) is 12.7. The van der Waals surface area contributed by atoms with Crippen molar-refractivity contribution in [3.8, 4) is 5.75 Å². The van der Waals surface area contributed by atoms with Gasteiger partial charge >= 0.3 is 6.09 Å². The highest BCUT2D eigenvalue weighted by Gasteiger charge is 2.47. The number of nitrogens with one attached hydrogen (secondary N) is 3. The largest absolute Gasteiger partial charge is 0.746 e. The van der Waals surface area contributed by atoms with Crippen molar-refractivity contribution in [1.29, 1.82) is 0 Å². The van der Waals surface area contributed by atoms with E-state index in [1.807, 2.05) is 38.1 Å². The van der Waals surface area contributed by atoms with E-state index in [4.69, 9.17) is 9.47 Å². The van der Waals surface area contributed by atoms with Gasteiger partial charge in [-0.05, 0) is 55.7 Å². The van der Waals surface area contributed by atoms with E-state index in [9.17, 15) is 32.5 Å². The van der Waals surface area contributed by atoms with Crippen molar-refractivity contribution in [2.75, 3.05) is 13.7 Å². The maximum atomic E-state index is 13.2. The number of aliphatic hydroxyl groups excluding tert-OH is 1. The molecule has 212 valence electrons. The van der Waals surface area contributed by atoms with Crippen LogP contribution in [0.15, 0.2) is 24.3 Å². The topological polar surface area (TPSA) is 183 Å². The predicted octanol–water partition coefficient (Wildman–Crippen LogP) is 0.786. The monoisotopic (exact) mass is 554 g/mol. The molecule has 3 amide bonds. The molecule has 0 spiro atoms. The van der Waals surface area contributed by atoms with E-state index in [0.29, 0.717) is 38.0 Å². The zero-order chi connectivity index (χ0) is 28.1. The van der Waals surface area contributed by atoms with Gasteiger partial charge in [0.1, 0.15) is 27.5 Å². The number of hydrogen-bond donors (Lipinski definition) is 4. The molecule has 1 saturated carbocycles. The molecule has 0 bridgehead atoms. The van der Waals surface area contributed by atoms with Crippen molar-refractivity contribution in [2.24, 2.45) is 11.8 Å². The van der Waals surface area contributed by atoms with E-state index < -0.39 is 51.2 Å². The molecule has 4 N–H and O–H groups in total. The molecule has 2 aliphatic rings. The molecule has 0 aromatic heterocycles. The number of amides is 3. The third-order valence-electron chi connectivity index (χ3n) is 6.76. The third-order valence-corrected chi connectivity index (χ3v) is 7.68. The van der Waals surface area contributed by atoms with Crippen molar-refractivity contribution in [3.63, 3.8) is 0 Å². The third kappa shape index (κ3) is 8.30. The Kier molecular flexibility index (Phi) is 9.60. The van der Waals surface area contributed by atoms with Crippen LogP contribution in [-0.2, 0) is 30.9 Å². The van der Waals surface area contributed by atoms with Gasteiger partial charge in [0.15, 0.2) is 5.44 Å². The number of ether oxygens (including phenoxy) is 2. The quantitative estimate of drug-likeness (QED) is 0.256. The maximum absolute atomic E-state index is 13.2. The lowest BCUT2D eigenvalue weighted by Crippen LogP contribution is -2.55. The molecule has 1 aromatic carbocycles. The van der Waals surface area contributed by atoms with Gasteiger partial charge in [-0.25, -0.2) is 13.2 Å². The van der Waals surface area contributed by atoms with Crippen LogP contribution < -0.4 is 20.7 Å². The minimum atomic E-state index is -5.19. The normalized spacial score (nSPS) is 20.7. The van der Waals surface area contributed by atoms with Crippen LogP contribution in [0.1, 0.15) is 51.5 Å². The molecule has 1 aromatic rings. The number of hydrogen-bond acceptors (Lipinski definition) is 9. The van der Waals surface area contributed by atoms with Gasteiger partial charge in [0.05, 0.1) is 13.2 Å². The lowest BCUT2D eigenvalue weighted by molar-refractivity contribution is -0.126. The number of alkyl carbamates (subject to hydrolysis) is 1. The molecule has 2 fully saturated rings. The Hall–Kier alpha value is -2.90. The summed E-state index contributed by atoms with van der Waals surface area (Å²) in [6.07, 6.45) is 1.26. The van der Waals surface area contributed by atoms with E-state index in [0.717, 1.165) is 5.56 Å². The van der Waals surface area contributed by atoms with Crippen molar-refractivity contribution in [1.82, 2.24) is 16.0 Å². The molecule has 3 rings (SSSR count). The molecular formula is C25H36N3O9S-. The fraction of sp³-hybridized carbons (Fsp3) is 0.640. The zero-order valence-electron chi connectivity index (χ0n) is 21.8. The Morgan fingerprint density at radius 1 is 1.26 bits per heavy atom. The molecule has 1 aliphatic carbocycles. The summed E-state index contributed by atoms with van der Waals surface area (Å²) >= 11 is 0. The predicted molar refractivity (Wildman–Crippen MR) is 135 cm³/mol. The second kappa shape index (κ2) is 12.3. The SMILES string of the molecule is COc1cccc(CC2(OC(=O)N[C@@H](CC(C)C)C(=O)N[C@@H](C[C@@H]3CCNC3=O)C(O)S(=O)(=O)[O-])CC2)c1. The van der Waals surface area contributed by atoms with Crippen molar-refractivity contribution in [3.05, 3.63) is 29.8 Å². The van der Waals surface area contributed by atoms with Gasteiger partial charge in [-0.15, -0.1) is 0 Å².